The molecule has 0 saturated carbocycles. The van der Waals surface area contributed by atoms with Gasteiger partial charge in [0.25, 0.3) is 0 Å². The Morgan fingerprint density at radius 3 is 2.08 bits per heavy atom. The van der Waals surface area contributed by atoms with E-state index in [0.29, 0.717) is 6.54 Å². The fourth-order valence-corrected chi connectivity index (χ4v) is 4.80. The van der Waals surface area contributed by atoms with Crippen molar-refractivity contribution >= 4 is 30.5 Å². The van der Waals surface area contributed by atoms with E-state index in [1.807, 2.05) is 32.9 Å². The van der Waals surface area contributed by atoms with E-state index in [1.165, 1.54) is 0 Å². The lowest BCUT2D eigenvalue weighted by Crippen LogP contribution is -2.54. The zero-order valence-corrected chi connectivity index (χ0v) is 25.7. The van der Waals surface area contributed by atoms with E-state index < -0.39 is 23.8 Å². The summed E-state index contributed by atoms with van der Waals surface area (Å²) >= 11 is 4.38. The summed E-state index contributed by atoms with van der Waals surface area (Å²) in [7, 11) is 0. The molecular weight excluding hydrogens is 498 g/mol. The van der Waals surface area contributed by atoms with Crippen molar-refractivity contribution in [1.82, 2.24) is 15.5 Å². The number of amides is 3. The summed E-state index contributed by atoms with van der Waals surface area (Å²) in [5, 5.41) is 5.81. The molecule has 3 amide bonds. The second-order valence-corrected chi connectivity index (χ2v) is 11.7. The number of unbranched alkanes of at least 4 members (excludes halogenated alkanes) is 4. The monoisotopic (exact) mass is 549 g/mol. The maximum Gasteiger partial charge on any atom is 0.408 e. The van der Waals surface area contributed by atoms with E-state index in [1.54, 1.807) is 25.7 Å². The molecule has 0 aliphatic heterocycles. The van der Waals surface area contributed by atoms with Crippen LogP contribution in [0.25, 0.3) is 0 Å². The van der Waals surface area contributed by atoms with Gasteiger partial charge in [-0.2, -0.15) is 12.6 Å². The van der Waals surface area contributed by atoms with Crippen molar-refractivity contribution in [2.45, 2.75) is 124 Å². The summed E-state index contributed by atoms with van der Waals surface area (Å²) in [6.07, 6.45) is 6.13. The van der Waals surface area contributed by atoms with Gasteiger partial charge in [0, 0.05) is 18.3 Å². The number of nitrogens with one attached hydrogen (secondary N) is 2. The maximum atomic E-state index is 14.0. The molecule has 0 aromatic heterocycles. The molecule has 3 atom stereocenters. The Labute approximate surface area is 236 Å². The minimum absolute atomic E-state index is 0.0250. The van der Waals surface area contributed by atoms with Gasteiger partial charge < -0.3 is 20.3 Å². The first-order valence-electron chi connectivity index (χ1n) is 14.1. The van der Waals surface area contributed by atoms with Crippen LogP contribution in [0.2, 0.25) is 0 Å². The largest absolute Gasteiger partial charge is 0.444 e. The number of rotatable bonds is 15. The Hall–Kier alpha value is -2.22. The van der Waals surface area contributed by atoms with Crippen LogP contribution in [0.5, 0.6) is 0 Å². The van der Waals surface area contributed by atoms with Gasteiger partial charge in [-0.1, -0.05) is 75.3 Å². The molecule has 1 rings (SSSR count). The highest BCUT2D eigenvalue weighted by Gasteiger charge is 2.36. The molecule has 8 heteroatoms. The van der Waals surface area contributed by atoms with Crippen molar-refractivity contribution in [2.24, 2.45) is 0 Å². The van der Waals surface area contributed by atoms with Gasteiger partial charge in [-0.25, -0.2) is 4.79 Å². The average Bonchev–Trinajstić information content (AvgIpc) is 2.79. The number of aryl methyl sites for hydroxylation is 2. The number of ether oxygens (including phenoxy) is 1. The molecule has 0 fully saturated rings. The normalized spacial score (nSPS) is 13.8. The molecule has 3 unspecified atom stereocenters. The molecule has 0 aliphatic carbocycles. The van der Waals surface area contributed by atoms with Crippen molar-refractivity contribution in [2.75, 3.05) is 12.3 Å². The highest BCUT2D eigenvalue weighted by Crippen LogP contribution is 2.26. The van der Waals surface area contributed by atoms with E-state index in [2.05, 4.69) is 43.2 Å². The van der Waals surface area contributed by atoms with E-state index in [-0.39, 0.29) is 23.6 Å². The second-order valence-electron chi connectivity index (χ2n) is 11.3. The average molecular weight is 550 g/mol. The molecule has 7 nitrogen and oxygen atoms in total. The Morgan fingerprint density at radius 1 is 0.947 bits per heavy atom. The fraction of sp³-hybridized carbons (Fsp3) is 0.700. The zero-order chi connectivity index (χ0) is 28.9. The molecule has 2 N–H and O–H groups in total. The van der Waals surface area contributed by atoms with E-state index in [9.17, 15) is 14.4 Å². The van der Waals surface area contributed by atoms with Gasteiger partial charge in [0.1, 0.15) is 17.7 Å². The quantitative estimate of drug-likeness (QED) is 0.178. The Bertz CT molecular complexity index is 880. The summed E-state index contributed by atoms with van der Waals surface area (Å²) in [5.74, 6) is -0.477. The SMILES string of the molecule is CCCCCCCN(C(=O)C(CS)NC(=O)OC(C)(C)C)C(C(=O)NC(C)CCC)c1cc(C)cc(C)c1. The first-order chi connectivity index (χ1) is 17.8. The van der Waals surface area contributed by atoms with Crippen LogP contribution in [0, 0.1) is 13.8 Å². The molecule has 1 aromatic rings. The highest BCUT2D eigenvalue weighted by atomic mass is 32.1. The van der Waals surface area contributed by atoms with Crippen LogP contribution < -0.4 is 10.6 Å². The van der Waals surface area contributed by atoms with Crippen molar-refractivity contribution in [3.05, 3.63) is 34.9 Å². The molecule has 0 radical (unpaired) electrons. The van der Waals surface area contributed by atoms with Crippen LogP contribution in [0.3, 0.4) is 0 Å². The van der Waals surface area contributed by atoms with Crippen molar-refractivity contribution in [3.63, 3.8) is 0 Å². The van der Waals surface area contributed by atoms with Gasteiger partial charge in [0.05, 0.1) is 0 Å². The van der Waals surface area contributed by atoms with Crippen molar-refractivity contribution in [3.8, 4) is 0 Å². The van der Waals surface area contributed by atoms with Crippen LogP contribution in [0.1, 0.15) is 109 Å². The lowest BCUT2D eigenvalue weighted by Gasteiger charge is -2.35. The van der Waals surface area contributed by atoms with Gasteiger partial charge in [-0.05, 0) is 59.9 Å². The van der Waals surface area contributed by atoms with Gasteiger partial charge in [-0.3, -0.25) is 9.59 Å². The van der Waals surface area contributed by atoms with Crippen LogP contribution in [-0.4, -0.2) is 52.8 Å². The highest BCUT2D eigenvalue weighted by molar-refractivity contribution is 7.80. The van der Waals surface area contributed by atoms with Crippen LogP contribution >= 0.6 is 12.6 Å². The van der Waals surface area contributed by atoms with Crippen molar-refractivity contribution < 1.29 is 19.1 Å². The zero-order valence-electron chi connectivity index (χ0n) is 24.9. The maximum absolute atomic E-state index is 14.0. The molecule has 0 spiro atoms. The van der Waals surface area contributed by atoms with E-state index >= 15 is 0 Å². The minimum Gasteiger partial charge on any atom is -0.444 e. The van der Waals surface area contributed by atoms with Gasteiger partial charge in [0.2, 0.25) is 11.8 Å². The summed E-state index contributed by atoms with van der Waals surface area (Å²) in [4.78, 5) is 42.0. The molecule has 216 valence electrons. The fourth-order valence-electron chi connectivity index (χ4n) is 4.56. The first-order valence-corrected chi connectivity index (χ1v) is 14.8. The van der Waals surface area contributed by atoms with E-state index in [4.69, 9.17) is 4.74 Å². The van der Waals surface area contributed by atoms with Crippen molar-refractivity contribution in [1.29, 1.82) is 0 Å². The minimum atomic E-state index is -0.932. The van der Waals surface area contributed by atoms with Crippen LogP contribution in [0.15, 0.2) is 18.2 Å². The summed E-state index contributed by atoms with van der Waals surface area (Å²) in [5.41, 5.74) is 2.10. The van der Waals surface area contributed by atoms with Crippen LogP contribution in [0.4, 0.5) is 4.79 Å². The lowest BCUT2D eigenvalue weighted by atomic mass is 9.97. The number of carbonyl (C=O) groups excluding carboxylic acids is 3. The van der Waals surface area contributed by atoms with E-state index in [0.717, 1.165) is 61.6 Å². The molecule has 38 heavy (non-hydrogen) atoms. The number of alkyl carbamates (subject to hydrolysis) is 1. The number of carbonyl (C=O) groups is 3. The Kier molecular flexibility index (Phi) is 14.8. The number of hydrogen-bond acceptors (Lipinski definition) is 5. The molecular formula is C30H51N3O4S. The van der Waals surface area contributed by atoms with Gasteiger partial charge in [0.15, 0.2) is 0 Å². The van der Waals surface area contributed by atoms with Crippen LogP contribution in [-0.2, 0) is 14.3 Å². The summed E-state index contributed by atoms with van der Waals surface area (Å²) < 4.78 is 5.39. The second kappa shape index (κ2) is 16.7. The Balaban J connectivity index is 3.45. The standard InChI is InChI=1S/C30H51N3O4S/c1-9-11-12-13-14-16-33(28(35)25(20-38)32-29(36)37-30(6,7)8)26(27(34)31-23(5)15-10-2)24-18-21(3)17-22(4)19-24/h17-19,23,25-26,38H,9-16,20H2,1-8H3,(H,31,34)(H,32,36). The third-order valence-electron chi connectivity index (χ3n) is 6.19. The lowest BCUT2D eigenvalue weighted by molar-refractivity contribution is -0.142. The summed E-state index contributed by atoms with van der Waals surface area (Å²) in [6.45, 7) is 15.9. The Morgan fingerprint density at radius 2 is 1.55 bits per heavy atom. The number of nitrogens with zero attached hydrogens (tertiary/aromatic N) is 1. The first kappa shape index (κ1) is 33.8. The topological polar surface area (TPSA) is 87.7 Å². The smallest absolute Gasteiger partial charge is 0.408 e. The number of benzene rings is 1. The molecule has 0 saturated heterocycles. The number of hydrogen-bond donors (Lipinski definition) is 3. The molecule has 0 heterocycles. The predicted octanol–water partition coefficient (Wildman–Crippen LogP) is 6.27. The van der Waals surface area contributed by atoms with Gasteiger partial charge >= 0.3 is 6.09 Å². The predicted molar refractivity (Wildman–Crippen MR) is 159 cm³/mol. The number of thiol groups is 1. The third kappa shape index (κ3) is 12.1. The molecule has 1 aromatic carbocycles. The van der Waals surface area contributed by atoms with Gasteiger partial charge in [-0.15, -0.1) is 0 Å². The molecule has 0 bridgehead atoms. The summed E-state index contributed by atoms with van der Waals surface area (Å²) in [6, 6.07) is 4.21. The third-order valence-corrected chi connectivity index (χ3v) is 6.55. The molecule has 0 aliphatic rings.